The molecule has 5 rings (SSSR count). The van der Waals surface area contributed by atoms with E-state index < -0.39 is 8.15 Å². The van der Waals surface area contributed by atoms with Gasteiger partial charge in [0, 0.05) is 22.0 Å². The molecule has 0 aliphatic rings. The summed E-state index contributed by atoms with van der Waals surface area (Å²) >= 11 is 0. The van der Waals surface area contributed by atoms with Crippen molar-refractivity contribution < 1.29 is 4.52 Å². The summed E-state index contributed by atoms with van der Waals surface area (Å²) in [6, 6.07) is 50.1. The van der Waals surface area contributed by atoms with Gasteiger partial charge in [0.25, 0.3) is 0 Å². The minimum absolute atomic E-state index is 0.851. The normalized spacial score (nSPS) is 10.7. The lowest BCUT2D eigenvalue weighted by molar-refractivity contribution is 0.630. The van der Waals surface area contributed by atoms with Crippen LogP contribution in [0.3, 0.4) is 0 Å². The predicted molar refractivity (Wildman–Crippen MR) is 141 cm³/mol. The summed E-state index contributed by atoms with van der Waals surface area (Å²) < 4.78 is 6.86. The van der Waals surface area contributed by atoms with Gasteiger partial charge in [0.15, 0.2) is 8.15 Å². The molecular weight excluding hydrogens is 421 g/mol. The van der Waals surface area contributed by atoms with Crippen molar-refractivity contribution in [1.82, 2.24) is 0 Å². The van der Waals surface area contributed by atoms with E-state index in [1.54, 1.807) is 0 Å². The highest BCUT2D eigenvalue weighted by molar-refractivity contribution is 7.68. The zero-order chi connectivity index (χ0) is 22.3. The van der Waals surface area contributed by atoms with Crippen LogP contribution >= 0.6 is 8.15 Å². The smallest absolute Gasteiger partial charge is 0.150 e. The van der Waals surface area contributed by atoms with E-state index >= 15 is 0 Å². The van der Waals surface area contributed by atoms with E-state index in [1.165, 1.54) is 10.6 Å². The maximum atomic E-state index is 6.86. The number of para-hydroxylation sites is 4. The molecule has 0 fully saturated rings. The Hall–Kier alpha value is -3.87. The fraction of sp³-hybridized carbons (Fsp3) is 0. The first-order chi connectivity index (χ1) is 16.4. The van der Waals surface area contributed by atoms with Crippen molar-refractivity contribution >= 4 is 35.8 Å². The Kier molecular flexibility index (Phi) is 6.47. The fourth-order valence-electron chi connectivity index (χ4n) is 3.78. The van der Waals surface area contributed by atoms with Gasteiger partial charge in [-0.05, 0) is 36.4 Å². The molecular formula is C30H24NOP. The molecule has 0 unspecified atom stereocenters. The molecule has 0 saturated heterocycles. The van der Waals surface area contributed by atoms with E-state index in [0.29, 0.717) is 0 Å². The van der Waals surface area contributed by atoms with Gasteiger partial charge < -0.3 is 9.42 Å². The number of benzene rings is 5. The van der Waals surface area contributed by atoms with Gasteiger partial charge in [-0.1, -0.05) is 109 Å². The summed E-state index contributed by atoms with van der Waals surface area (Å²) in [5.74, 6) is 0.851. The summed E-state index contributed by atoms with van der Waals surface area (Å²) in [6.07, 6.45) is 0. The van der Waals surface area contributed by atoms with E-state index in [2.05, 4.69) is 120 Å². The molecule has 0 saturated carbocycles. The van der Waals surface area contributed by atoms with E-state index in [-0.39, 0.29) is 0 Å². The summed E-state index contributed by atoms with van der Waals surface area (Å²) in [6.45, 7) is 0. The Morgan fingerprint density at radius 3 is 1.30 bits per heavy atom. The van der Waals surface area contributed by atoms with Crippen LogP contribution in [0.5, 0.6) is 5.75 Å². The second-order valence-electron chi connectivity index (χ2n) is 7.53. The molecule has 0 bridgehead atoms. The van der Waals surface area contributed by atoms with E-state index in [0.717, 1.165) is 22.8 Å². The van der Waals surface area contributed by atoms with Gasteiger partial charge in [-0.3, -0.25) is 0 Å². The molecule has 0 N–H and O–H groups in total. The molecule has 0 spiro atoms. The summed E-state index contributed by atoms with van der Waals surface area (Å²) in [5.41, 5.74) is 3.18. The van der Waals surface area contributed by atoms with Gasteiger partial charge in [-0.2, -0.15) is 0 Å². The molecule has 160 valence electrons. The number of hydrogen-bond acceptors (Lipinski definition) is 2. The second-order valence-corrected chi connectivity index (χ2v) is 9.34. The molecule has 0 atom stereocenters. The van der Waals surface area contributed by atoms with Crippen molar-refractivity contribution in [1.29, 1.82) is 0 Å². The zero-order valence-corrected chi connectivity index (χ0v) is 19.1. The van der Waals surface area contributed by atoms with Crippen LogP contribution in [0, 0.1) is 0 Å². The molecule has 0 heterocycles. The standard InChI is InChI=1S/C30H24NOP/c1-5-15-25(16-6-1)31(26-17-7-2-8-18-26)29-23-13-14-24-30(29)32-33(27-19-9-3-10-20-27)28-21-11-4-12-22-28/h1-24H. The fourth-order valence-corrected chi connectivity index (χ4v) is 5.53. The minimum atomic E-state index is -1.03. The third-order valence-corrected chi connectivity index (χ3v) is 7.22. The van der Waals surface area contributed by atoms with Crippen molar-refractivity contribution in [2.45, 2.75) is 0 Å². The SMILES string of the molecule is c1ccc(N(c2ccccc2)c2ccccc2OP(c2ccccc2)c2ccccc2)cc1. The monoisotopic (exact) mass is 445 g/mol. The Morgan fingerprint density at radius 1 is 0.424 bits per heavy atom. The zero-order valence-electron chi connectivity index (χ0n) is 18.2. The molecule has 33 heavy (non-hydrogen) atoms. The number of nitrogens with zero attached hydrogens (tertiary/aromatic N) is 1. The maximum Gasteiger partial charge on any atom is 0.150 e. The summed E-state index contributed by atoms with van der Waals surface area (Å²) in [5, 5.41) is 2.36. The Balaban J connectivity index is 1.61. The highest BCUT2D eigenvalue weighted by Crippen LogP contribution is 2.45. The lowest BCUT2D eigenvalue weighted by atomic mass is 10.2. The van der Waals surface area contributed by atoms with Crippen LogP contribution in [-0.4, -0.2) is 0 Å². The Bertz CT molecular complexity index is 1200. The number of rotatable bonds is 7. The molecule has 3 heteroatoms. The van der Waals surface area contributed by atoms with Crippen molar-refractivity contribution in [3.05, 3.63) is 146 Å². The number of anilines is 3. The van der Waals surface area contributed by atoms with Crippen LogP contribution in [0.2, 0.25) is 0 Å². The first-order valence-corrected chi connectivity index (χ1v) is 12.2. The van der Waals surface area contributed by atoms with Crippen LogP contribution in [-0.2, 0) is 0 Å². The first-order valence-electron chi connectivity index (χ1n) is 11.0. The minimum Gasteiger partial charge on any atom is -0.462 e. The molecule has 0 aromatic heterocycles. The highest BCUT2D eigenvalue weighted by atomic mass is 31.1. The molecule has 5 aromatic carbocycles. The quantitative estimate of drug-likeness (QED) is 0.239. The van der Waals surface area contributed by atoms with Gasteiger partial charge in [-0.25, -0.2) is 0 Å². The average molecular weight is 446 g/mol. The van der Waals surface area contributed by atoms with Gasteiger partial charge in [0.2, 0.25) is 0 Å². The highest BCUT2D eigenvalue weighted by Gasteiger charge is 2.21. The van der Waals surface area contributed by atoms with Crippen LogP contribution < -0.4 is 20.0 Å². The summed E-state index contributed by atoms with van der Waals surface area (Å²) in [7, 11) is -1.03. The van der Waals surface area contributed by atoms with E-state index in [9.17, 15) is 0 Å². The topological polar surface area (TPSA) is 12.5 Å². The summed E-state index contributed by atoms with van der Waals surface area (Å²) in [4.78, 5) is 2.25. The Labute approximate surface area is 196 Å². The van der Waals surface area contributed by atoms with Crippen molar-refractivity contribution in [2.24, 2.45) is 0 Å². The van der Waals surface area contributed by atoms with Crippen LogP contribution in [0.15, 0.2) is 146 Å². The van der Waals surface area contributed by atoms with Gasteiger partial charge in [-0.15, -0.1) is 0 Å². The molecule has 5 aromatic rings. The lowest BCUT2D eigenvalue weighted by Crippen LogP contribution is -2.17. The first kappa shape index (κ1) is 21.0. The van der Waals surface area contributed by atoms with Gasteiger partial charge >= 0.3 is 0 Å². The third kappa shape index (κ3) is 4.82. The van der Waals surface area contributed by atoms with E-state index in [4.69, 9.17) is 4.52 Å². The van der Waals surface area contributed by atoms with Crippen LogP contribution in [0.25, 0.3) is 0 Å². The van der Waals surface area contributed by atoms with Crippen LogP contribution in [0.4, 0.5) is 17.1 Å². The van der Waals surface area contributed by atoms with E-state index in [1.807, 2.05) is 30.3 Å². The van der Waals surface area contributed by atoms with Gasteiger partial charge in [0.1, 0.15) is 5.75 Å². The molecule has 2 nitrogen and oxygen atoms in total. The van der Waals surface area contributed by atoms with Crippen molar-refractivity contribution in [2.75, 3.05) is 4.90 Å². The van der Waals surface area contributed by atoms with Crippen LogP contribution in [0.1, 0.15) is 0 Å². The lowest BCUT2D eigenvalue weighted by Gasteiger charge is -2.29. The molecule has 0 aliphatic carbocycles. The largest absolute Gasteiger partial charge is 0.462 e. The second kappa shape index (κ2) is 10.2. The molecule has 0 aliphatic heterocycles. The molecule has 0 amide bonds. The van der Waals surface area contributed by atoms with Crippen molar-refractivity contribution in [3.8, 4) is 5.75 Å². The maximum absolute atomic E-state index is 6.86. The molecule has 0 radical (unpaired) electrons. The third-order valence-electron chi connectivity index (χ3n) is 5.31. The number of hydrogen-bond donors (Lipinski definition) is 0. The Morgan fingerprint density at radius 2 is 0.818 bits per heavy atom. The average Bonchev–Trinajstić information content (AvgIpc) is 2.90. The predicted octanol–water partition coefficient (Wildman–Crippen LogP) is 7.58. The van der Waals surface area contributed by atoms with Crippen molar-refractivity contribution in [3.63, 3.8) is 0 Å². The van der Waals surface area contributed by atoms with Gasteiger partial charge in [0.05, 0.1) is 5.69 Å².